The average Bonchev–Trinajstić information content (AvgIpc) is 2.50. The van der Waals surface area contributed by atoms with Gasteiger partial charge in [0.2, 0.25) is 0 Å². The number of carboxylic acid groups (broad SMARTS) is 1. The molecule has 6 heteroatoms. The van der Waals surface area contributed by atoms with Gasteiger partial charge >= 0.3 is 5.97 Å². The molecule has 2 aromatic carbocycles. The fourth-order valence-electron chi connectivity index (χ4n) is 2.15. The standard InChI is InChI=1S/C16H10BrFN2O2/c17-12-6-10-14(7-13(12)18)19-8-11(16(21)22)15(10)20-9-4-2-1-3-5-9/h1-8H,(H,19,20)(H,21,22). The number of fused-ring (bicyclic) bond motifs is 1. The zero-order valence-corrected chi connectivity index (χ0v) is 12.8. The van der Waals surface area contributed by atoms with Crippen LogP contribution >= 0.6 is 15.9 Å². The molecule has 2 N–H and O–H groups in total. The Balaban J connectivity index is 2.25. The van der Waals surface area contributed by atoms with Gasteiger partial charge in [-0.05, 0) is 34.1 Å². The van der Waals surface area contributed by atoms with Crippen LogP contribution in [0.4, 0.5) is 15.8 Å². The number of para-hydroxylation sites is 1. The molecule has 0 bridgehead atoms. The van der Waals surface area contributed by atoms with Crippen LogP contribution in [0.25, 0.3) is 10.9 Å². The van der Waals surface area contributed by atoms with Gasteiger partial charge in [0.25, 0.3) is 0 Å². The molecule has 3 rings (SSSR count). The number of aromatic nitrogens is 1. The summed E-state index contributed by atoms with van der Waals surface area (Å²) in [5.41, 5.74) is 1.52. The second-order valence-corrected chi connectivity index (χ2v) is 5.48. The minimum atomic E-state index is -1.10. The smallest absolute Gasteiger partial charge is 0.339 e. The maximum absolute atomic E-state index is 13.6. The third-order valence-electron chi connectivity index (χ3n) is 3.18. The highest BCUT2D eigenvalue weighted by atomic mass is 79.9. The maximum Gasteiger partial charge on any atom is 0.339 e. The van der Waals surface area contributed by atoms with E-state index in [0.717, 1.165) is 5.69 Å². The van der Waals surface area contributed by atoms with Crippen LogP contribution < -0.4 is 5.32 Å². The number of hydrogen-bond donors (Lipinski definition) is 2. The molecule has 0 atom stereocenters. The number of nitrogens with one attached hydrogen (secondary N) is 1. The van der Waals surface area contributed by atoms with E-state index < -0.39 is 11.8 Å². The van der Waals surface area contributed by atoms with Gasteiger partial charge in [-0.2, -0.15) is 0 Å². The number of nitrogens with zero attached hydrogens (tertiary/aromatic N) is 1. The zero-order chi connectivity index (χ0) is 15.7. The SMILES string of the molecule is O=C(O)c1cnc2cc(F)c(Br)cc2c1Nc1ccccc1. The fourth-order valence-corrected chi connectivity index (χ4v) is 2.49. The summed E-state index contributed by atoms with van der Waals surface area (Å²) in [5, 5.41) is 13.0. The molecule has 0 radical (unpaired) electrons. The summed E-state index contributed by atoms with van der Waals surface area (Å²) >= 11 is 3.12. The van der Waals surface area contributed by atoms with Crippen LogP contribution in [0, 0.1) is 5.82 Å². The van der Waals surface area contributed by atoms with Crippen LogP contribution in [0.5, 0.6) is 0 Å². The molecule has 1 aromatic heterocycles. The highest BCUT2D eigenvalue weighted by Gasteiger charge is 2.16. The molecule has 4 nitrogen and oxygen atoms in total. The maximum atomic E-state index is 13.6. The molecule has 110 valence electrons. The van der Waals surface area contributed by atoms with Crippen LogP contribution in [0.15, 0.2) is 53.1 Å². The Bertz CT molecular complexity index is 869. The van der Waals surface area contributed by atoms with Crippen LogP contribution in [0.3, 0.4) is 0 Å². The first kappa shape index (κ1) is 14.5. The molecule has 1 heterocycles. The Morgan fingerprint density at radius 3 is 2.64 bits per heavy atom. The number of carboxylic acids is 1. The molecular formula is C16H10BrFN2O2. The normalized spacial score (nSPS) is 10.6. The summed E-state index contributed by atoms with van der Waals surface area (Å²) < 4.78 is 13.9. The van der Waals surface area contributed by atoms with Gasteiger partial charge in [0, 0.05) is 23.3 Å². The molecule has 3 aromatic rings. The summed E-state index contributed by atoms with van der Waals surface area (Å²) in [4.78, 5) is 15.5. The second kappa shape index (κ2) is 5.73. The Hall–Kier alpha value is -2.47. The topological polar surface area (TPSA) is 62.2 Å². The Morgan fingerprint density at radius 2 is 1.95 bits per heavy atom. The highest BCUT2D eigenvalue weighted by Crippen LogP contribution is 2.32. The Kier molecular flexibility index (Phi) is 3.77. The number of aromatic carboxylic acids is 1. The van der Waals surface area contributed by atoms with Crippen molar-refractivity contribution >= 4 is 44.2 Å². The van der Waals surface area contributed by atoms with E-state index in [1.165, 1.54) is 18.3 Å². The predicted molar refractivity (Wildman–Crippen MR) is 86.1 cm³/mol. The summed E-state index contributed by atoms with van der Waals surface area (Å²) in [5.74, 6) is -1.55. The van der Waals surface area contributed by atoms with E-state index in [0.29, 0.717) is 16.6 Å². The van der Waals surface area contributed by atoms with Crippen LogP contribution in [0.2, 0.25) is 0 Å². The molecule has 0 spiro atoms. The molecule has 22 heavy (non-hydrogen) atoms. The number of anilines is 2. The molecule has 0 aliphatic rings. The van der Waals surface area contributed by atoms with Gasteiger partial charge in [-0.3, -0.25) is 4.98 Å². The highest BCUT2D eigenvalue weighted by molar-refractivity contribution is 9.10. The van der Waals surface area contributed by atoms with Gasteiger partial charge in [-0.15, -0.1) is 0 Å². The summed E-state index contributed by atoms with van der Waals surface area (Å²) in [7, 11) is 0. The summed E-state index contributed by atoms with van der Waals surface area (Å²) in [6.07, 6.45) is 1.23. The van der Waals surface area contributed by atoms with E-state index in [1.54, 1.807) is 0 Å². The minimum Gasteiger partial charge on any atom is -0.478 e. The van der Waals surface area contributed by atoms with Crippen molar-refractivity contribution in [2.24, 2.45) is 0 Å². The van der Waals surface area contributed by atoms with Gasteiger partial charge in [0.05, 0.1) is 15.7 Å². The number of hydrogen-bond acceptors (Lipinski definition) is 3. The first-order valence-electron chi connectivity index (χ1n) is 6.39. The molecule has 0 unspecified atom stereocenters. The van der Waals surface area contributed by atoms with Crippen molar-refractivity contribution in [2.75, 3.05) is 5.32 Å². The molecule has 0 aliphatic carbocycles. The van der Waals surface area contributed by atoms with E-state index in [9.17, 15) is 14.3 Å². The predicted octanol–water partition coefficient (Wildman–Crippen LogP) is 4.58. The summed E-state index contributed by atoms with van der Waals surface area (Å²) in [6, 6.07) is 12.0. The lowest BCUT2D eigenvalue weighted by molar-refractivity contribution is 0.0697. The molecule has 0 aliphatic heterocycles. The third-order valence-corrected chi connectivity index (χ3v) is 3.79. The first-order chi connectivity index (χ1) is 10.6. The molecule has 0 saturated carbocycles. The number of pyridine rings is 1. The van der Waals surface area contributed by atoms with Crippen LogP contribution in [0.1, 0.15) is 10.4 Å². The number of rotatable bonds is 3. The van der Waals surface area contributed by atoms with E-state index in [1.807, 2.05) is 30.3 Å². The molecular weight excluding hydrogens is 351 g/mol. The van der Waals surface area contributed by atoms with Crippen molar-refractivity contribution in [3.63, 3.8) is 0 Å². The first-order valence-corrected chi connectivity index (χ1v) is 7.18. The Morgan fingerprint density at radius 1 is 1.23 bits per heavy atom. The van der Waals surface area contributed by atoms with Gasteiger partial charge < -0.3 is 10.4 Å². The second-order valence-electron chi connectivity index (χ2n) is 4.63. The summed E-state index contributed by atoms with van der Waals surface area (Å²) in [6.45, 7) is 0. The third kappa shape index (κ3) is 2.65. The number of benzene rings is 2. The molecule has 0 saturated heterocycles. The number of halogens is 2. The lowest BCUT2D eigenvalue weighted by Crippen LogP contribution is -2.05. The van der Waals surface area contributed by atoms with Crippen molar-refractivity contribution in [2.45, 2.75) is 0 Å². The largest absolute Gasteiger partial charge is 0.478 e. The van der Waals surface area contributed by atoms with E-state index >= 15 is 0 Å². The van der Waals surface area contributed by atoms with E-state index in [4.69, 9.17) is 0 Å². The van der Waals surface area contributed by atoms with Crippen LogP contribution in [-0.2, 0) is 0 Å². The average molecular weight is 361 g/mol. The monoisotopic (exact) mass is 360 g/mol. The van der Waals surface area contributed by atoms with Gasteiger partial charge in [-0.1, -0.05) is 18.2 Å². The quantitative estimate of drug-likeness (QED) is 0.717. The van der Waals surface area contributed by atoms with E-state index in [-0.39, 0.29) is 10.0 Å². The van der Waals surface area contributed by atoms with Crippen molar-refractivity contribution < 1.29 is 14.3 Å². The van der Waals surface area contributed by atoms with Crippen LogP contribution in [-0.4, -0.2) is 16.1 Å². The minimum absolute atomic E-state index is 0.0230. The zero-order valence-electron chi connectivity index (χ0n) is 11.2. The molecule has 0 fully saturated rings. The van der Waals surface area contributed by atoms with Crippen molar-refractivity contribution in [3.05, 3.63) is 64.5 Å². The number of carbonyl (C=O) groups is 1. The van der Waals surface area contributed by atoms with E-state index in [2.05, 4.69) is 26.2 Å². The van der Waals surface area contributed by atoms with Crippen molar-refractivity contribution in [3.8, 4) is 0 Å². The van der Waals surface area contributed by atoms with Crippen molar-refractivity contribution in [1.82, 2.24) is 4.98 Å². The van der Waals surface area contributed by atoms with Gasteiger partial charge in [0.1, 0.15) is 11.4 Å². The van der Waals surface area contributed by atoms with Crippen molar-refractivity contribution in [1.29, 1.82) is 0 Å². The molecule has 0 amide bonds. The lowest BCUT2D eigenvalue weighted by Gasteiger charge is -2.13. The van der Waals surface area contributed by atoms with Gasteiger partial charge in [0.15, 0.2) is 0 Å². The lowest BCUT2D eigenvalue weighted by atomic mass is 10.1. The Labute approximate surface area is 133 Å². The fraction of sp³-hybridized carbons (Fsp3) is 0. The van der Waals surface area contributed by atoms with Gasteiger partial charge in [-0.25, -0.2) is 9.18 Å².